The van der Waals surface area contributed by atoms with E-state index in [1.54, 1.807) is 6.21 Å². The summed E-state index contributed by atoms with van der Waals surface area (Å²) in [5.74, 6) is 0.845. The van der Waals surface area contributed by atoms with E-state index in [9.17, 15) is 10.1 Å². The molecule has 0 radical (unpaired) electrons. The van der Waals surface area contributed by atoms with Gasteiger partial charge < -0.3 is 4.74 Å². The number of pyridine rings is 1. The average molecular weight is 362 g/mol. The second-order valence-corrected chi connectivity index (χ2v) is 5.84. The lowest BCUT2D eigenvalue weighted by Crippen LogP contribution is -1.99. The topological polar surface area (TPSA) is 89.7 Å². The van der Waals surface area contributed by atoms with Gasteiger partial charge in [-0.3, -0.25) is 15.5 Å². The van der Waals surface area contributed by atoms with Crippen molar-refractivity contribution in [1.29, 1.82) is 0 Å². The number of nitrogens with one attached hydrogen (secondary N) is 1. The highest BCUT2D eigenvalue weighted by molar-refractivity contribution is 5.80. The van der Waals surface area contributed by atoms with Gasteiger partial charge in [-0.1, -0.05) is 29.8 Å². The Morgan fingerprint density at radius 3 is 2.59 bits per heavy atom. The lowest BCUT2D eigenvalue weighted by atomic mass is 10.2. The second kappa shape index (κ2) is 8.57. The number of anilines is 1. The summed E-state index contributed by atoms with van der Waals surface area (Å²) in [4.78, 5) is 14.3. The van der Waals surface area contributed by atoms with Gasteiger partial charge in [-0.2, -0.15) is 5.10 Å². The molecular formula is C20H18N4O3. The Kier molecular flexibility index (Phi) is 5.73. The molecule has 0 amide bonds. The molecule has 0 aliphatic heterocycles. The summed E-state index contributed by atoms with van der Waals surface area (Å²) in [6, 6.07) is 18.4. The standard InChI is InChI=1S/C20H18N4O3/c1-15-4-6-17(7-5-15)14-27-18-10-8-16(9-11-18)13-22-23-20-19(24(25)26)3-2-12-21-20/h2-13H,14H2,1H3,(H,21,23)/b22-13-. The Hall–Kier alpha value is -3.74. The van der Waals surface area contributed by atoms with E-state index < -0.39 is 4.92 Å². The number of aryl methyl sites for hydroxylation is 1. The first kappa shape index (κ1) is 18.1. The van der Waals surface area contributed by atoms with E-state index in [0.717, 1.165) is 16.9 Å². The van der Waals surface area contributed by atoms with Crippen LogP contribution in [-0.4, -0.2) is 16.1 Å². The maximum Gasteiger partial charge on any atom is 0.313 e. The summed E-state index contributed by atoms with van der Waals surface area (Å²) in [7, 11) is 0. The molecule has 0 bridgehead atoms. The third-order valence-corrected chi connectivity index (χ3v) is 3.77. The van der Waals surface area contributed by atoms with Gasteiger partial charge in [-0.05, 0) is 48.4 Å². The van der Waals surface area contributed by atoms with Gasteiger partial charge in [0.25, 0.3) is 0 Å². The van der Waals surface area contributed by atoms with Gasteiger partial charge in [0.05, 0.1) is 11.1 Å². The summed E-state index contributed by atoms with van der Waals surface area (Å²) >= 11 is 0. The van der Waals surface area contributed by atoms with Crippen molar-refractivity contribution in [2.24, 2.45) is 5.10 Å². The van der Waals surface area contributed by atoms with E-state index >= 15 is 0 Å². The zero-order valence-electron chi connectivity index (χ0n) is 14.7. The molecule has 0 unspecified atom stereocenters. The minimum atomic E-state index is -0.509. The lowest BCUT2D eigenvalue weighted by Gasteiger charge is -2.07. The van der Waals surface area contributed by atoms with E-state index in [-0.39, 0.29) is 11.5 Å². The molecule has 136 valence electrons. The van der Waals surface area contributed by atoms with Crippen LogP contribution in [0.4, 0.5) is 11.5 Å². The zero-order chi connectivity index (χ0) is 19.1. The fourth-order valence-corrected chi connectivity index (χ4v) is 2.30. The average Bonchev–Trinajstić information content (AvgIpc) is 2.69. The first-order valence-electron chi connectivity index (χ1n) is 8.29. The van der Waals surface area contributed by atoms with Gasteiger partial charge in [-0.25, -0.2) is 4.98 Å². The van der Waals surface area contributed by atoms with Crippen molar-refractivity contribution in [2.45, 2.75) is 13.5 Å². The van der Waals surface area contributed by atoms with Crippen LogP contribution in [0.3, 0.4) is 0 Å². The Balaban J connectivity index is 1.56. The van der Waals surface area contributed by atoms with E-state index in [1.165, 1.54) is 23.9 Å². The van der Waals surface area contributed by atoms with Crippen LogP contribution in [0.5, 0.6) is 5.75 Å². The summed E-state index contributed by atoms with van der Waals surface area (Å²) in [6.07, 6.45) is 3.02. The highest BCUT2D eigenvalue weighted by Gasteiger charge is 2.12. The zero-order valence-corrected chi connectivity index (χ0v) is 14.7. The third-order valence-electron chi connectivity index (χ3n) is 3.77. The quantitative estimate of drug-likeness (QED) is 0.384. The van der Waals surface area contributed by atoms with Gasteiger partial charge in [0, 0.05) is 12.3 Å². The predicted molar refractivity (Wildman–Crippen MR) is 104 cm³/mol. The van der Waals surface area contributed by atoms with Crippen LogP contribution < -0.4 is 10.2 Å². The molecule has 2 aromatic carbocycles. The molecule has 0 saturated carbocycles. The van der Waals surface area contributed by atoms with Gasteiger partial charge in [0.1, 0.15) is 12.4 Å². The Bertz CT molecular complexity index is 938. The highest BCUT2D eigenvalue weighted by Crippen LogP contribution is 2.20. The van der Waals surface area contributed by atoms with Crippen molar-refractivity contribution in [2.75, 3.05) is 5.43 Å². The normalized spacial score (nSPS) is 10.7. The Labute approximate surface area is 156 Å². The second-order valence-electron chi connectivity index (χ2n) is 5.84. The number of hydrogen-bond donors (Lipinski definition) is 1. The molecule has 0 atom stereocenters. The third kappa shape index (κ3) is 5.12. The molecule has 27 heavy (non-hydrogen) atoms. The van der Waals surface area contributed by atoms with Crippen LogP contribution >= 0.6 is 0 Å². The number of hydrazone groups is 1. The Morgan fingerprint density at radius 1 is 1.15 bits per heavy atom. The fourth-order valence-electron chi connectivity index (χ4n) is 2.30. The molecule has 1 heterocycles. The molecule has 1 aromatic heterocycles. The van der Waals surface area contributed by atoms with Crippen molar-refractivity contribution < 1.29 is 9.66 Å². The summed E-state index contributed by atoms with van der Waals surface area (Å²) in [6.45, 7) is 2.55. The van der Waals surface area contributed by atoms with Crippen molar-refractivity contribution in [1.82, 2.24) is 4.98 Å². The molecule has 3 aromatic rings. The van der Waals surface area contributed by atoms with Gasteiger partial charge in [-0.15, -0.1) is 0 Å². The van der Waals surface area contributed by atoms with E-state index in [0.29, 0.717) is 6.61 Å². The molecule has 7 heteroatoms. The number of aromatic nitrogens is 1. The van der Waals surface area contributed by atoms with Crippen LogP contribution in [0.1, 0.15) is 16.7 Å². The SMILES string of the molecule is Cc1ccc(COc2ccc(/C=N\Nc3ncccc3[N+](=O)[O-])cc2)cc1. The highest BCUT2D eigenvalue weighted by atomic mass is 16.6. The molecule has 0 spiro atoms. The maximum absolute atomic E-state index is 10.9. The summed E-state index contributed by atoms with van der Waals surface area (Å²) in [5, 5.41) is 14.9. The summed E-state index contributed by atoms with van der Waals surface area (Å²) in [5.41, 5.74) is 5.61. The lowest BCUT2D eigenvalue weighted by molar-refractivity contribution is -0.384. The van der Waals surface area contributed by atoms with Crippen LogP contribution in [0, 0.1) is 17.0 Å². The number of benzene rings is 2. The first-order valence-corrected chi connectivity index (χ1v) is 8.29. The van der Waals surface area contributed by atoms with Crippen molar-refractivity contribution in [3.63, 3.8) is 0 Å². The number of nitro groups is 1. The Morgan fingerprint density at radius 2 is 1.89 bits per heavy atom. The van der Waals surface area contributed by atoms with Crippen LogP contribution in [0.2, 0.25) is 0 Å². The van der Waals surface area contributed by atoms with Crippen LogP contribution in [-0.2, 0) is 6.61 Å². The maximum atomic E-state index is 10.9. The minimum Gasteiger partial charge on any atom is -0.489 e. The van der Waals surface area contributed by atoms with Crippen LogP contribution in [0.25, 0.3) is 0 Å². The van der Waals surface area contributed by atoms with Gasteiger partial charge in [0.2, 0.25) is 5.82 Å². The molecule has 0 saturated heterocycles. The largest absolute Gasteiger partial charge is 0.489 e. The van der Waals surface area contributed by atoms with E-state index in [1.807, 2.05) is 43.3 Å². The fraction of sp³-hybridized carbons (Fsp3) is 0.100. The smallest absolute Gasteiger partial charge is 0.313 e. The van der Waals surface area contributed by atoms with Crippen molar-refractivity contribution in [3.05, 3.63) is 93.7 Å². The van der Waals surface area contributed by atoms with Crippen molar-refractivity contribution in [3.8, 4) is 5.75 Å². The molecule has 0 aliphatic carbocycles. The number of nitrogens with zero attached hydrogens (tertiary/aromatic N) is 3. The molecule has 3 rings (SSSR count). The number of hydrogen-bond acceptors (Lipinski definition) is 6. The van der Waals surface area contributed by atoms with Gasteiger partial charge in [0.15, 0.2) is 0 Å². The number of rotatable bonds is 7. The molecule has 7 nitrogen and oxygen atoms in total. The van der Waals surface area contributed by atoms with Crippen LogP contribution in [0.15, 0.2) is 72.0 Å². The first-order chi connectivity index (χ1) is 13.1. The monoisotopic (exact) mass is 362 g/mol. The molecular weight excluding hydrogens is 344 g/mol. The minimum absolute atomic E-state index is 0.0943. The van der Waals surface area contributed by atoms with Crippen molar-refractivity contribution >= 4 is 17.7 Å². The number of ether oxygens (including phenoxy) is 1. The van der Waals surface area contributed by atoms with E-state index in [2.05, 4.69) is 27.6 Å². The molecule has 0 fully saturated rings. The van der Waals surface area contributed by atoms with E-state index in [4.69, 9.17) is 4.74 Å². The summed E-state index contributed by atoms with van der Waals surface area (Å²) < 4.78 is 5.76. The molecule has 0 aliphatic rings. The van der Waals surface area contributed by atoms with Gasteiger partial charge >= 0.3 is 5.69 Å². The predicted octanol–water partition coefficient (Wildman–Crippen LogP) is 4.32. The molecule has 1 N–H and O–H groups in total.